The van der Waals surface area contributed by atoms with E-state index in [4.69, 9.17) is 4.74 Å². The van der Waals surface area contributed by atoms with Crippen molar-refractivity contribution >= 4 is 12.0 Å². The Morgan fingerprint density at radius 2 is 2.04 bits per heavy atom. The molecule has 1 N–H and O–H groups in total. The molecule has 1 aliphatic rings. The molecule has 0 fully saturated rings. The summed E-state index contributed by atoms with van der Waals surface area (Å²) in [5.41, 5.74) is 1.13. The van der Waals surface area contributed by atoms with E-state index >= 15 is 0 Å². The van der Waals surface area contributed by atoms with E-state index in [0.717, 1.165) is 30.4 Å². The normalized spacial score (nSPS) is 16.5. The third kappa shape index (κ3) is 6.37. The van der Waals surface area contributed by atoms with Crippen molar-refractivity contribution in [1.82, 2.24) is 10.2 Å². The number of benzene rings is 1. The second-order valence-electron chi connectivity index (χ2n) is 7.59. The molecule has 6 nitrogen and oxygen atoms in total. The molecule has 1 atom stereocenters. The lowest BCUT2D eigenvalue weighted by molar-refractivity contribution is -0.122. The molecular weight excluding hydrogens is 358 g/mol. The predicted octanol–water partition coefficient (Wildman–Crippen LogP) is 3.65. The summed E-state index contributed by atoms with van der Waals surface area (Å²) >= 11 is 0. The van der Waals surface area contributed by atoms with Crippen LogP contribution < -0.4 is 10.1 Å². The van der Waals surface area contributed by atoms with Crippen LogP contribution in [-0.2, 0) is 16.0 Å². The summed E-state index contributed by atoms with van der Waals surface area (Å²) in [6.07, 6.45) is 1.72. The summed E-state index contributed by atoms with van der Waals surface area (Å²) in [6.45, 7) is 2.26. The second kappa shape index (κ2) is 8.54. The van der Waals surface area contributed by atoms with Crippen LogP contribution in [0.1, 0.15) is 50.8 Å². The van der Waals surface area contributed by atoms with E-state index in [2.05, 4.69) is 10.1 Å². The first kappa shape index (κ1) is 20.9. The number of amides is 2. The zero-order valence-corrected chi connectivity index (χ0v) is 16.1. The monoisotopic (exact) mass is 384 g/mol. The fraction of sp³-hybridized carbons (Fsp3) is 0.579. The minimum absolute atomic E-state index is 0.111. The summed E-state index contributed by atoms with van der Waals surface area (Å²) in [6, 6.07) is 4.54. The largest absolute Gasteiger partial charge is 0.444 e. The lowest BCUT2D eigenvalue weighted by Gasteiger charge is -2.28. The molecule has 2 amide bonds. The van der Waals surface area contributed by atoms with Gasteiger partial charge in [0.15, 0.2) is 0 Å². The van der Waals surface area contributed by atoms with Gasteiger partial charge in [-0.15, -0.1) is 0 Å². The Morgan fingerprint density at radius 3 is 2.67 bits per heavy atom. The number of rotatable bonds is 5. The molecule has 1 aliphatic carbocycles. The van der Waals surface area contributed by atoms with Gasteiger partial charge < -0.3 is 19.7 Å². The molecule has 0 radical (unpaired) electrons. The fourth-order valence-corrected chi connectivity index (χ4v) is 2.98. The van der Waals surface area contributed by atoms with E-state index in [1.165, 1.54) is 18.0 Å². The van der Waals surface area contributed by atoms with E-state index in [0.29, 0.717) is 0 Å². The first-order valence-corrected chi connectivity index (χ1v) is 8.86. The average molecular weight is 384 g/mol. The molecule has 0 heterocycles. The average Bonchev–Trinajstić information content (AvgIpc) is 2.52. The van der Waals surface area contributed by atoms with E-state index in [1.54, 1.807) is 32.9 Å². The molecule has 1 aromatic rings. The molecule has 1 aromatic carbocycles. The molecule has 0 saturated carbocycles. The van der Waals surface area contributed by atoms with Crippen molar-refractivity contribution < 1.29 is 27.8 Å². The first-order chi connectivity index (χ1) is 12.5. The second-order valence-corrected chi connectivity index (χ2v) is 7.59. The molecule has 0 aliphatic heterocycles. The Balaban J connectivity index is 1.98. The van der Waals surface area contributed by atoms with Crippen LogP contribution >= 0.6 is 0 Å². The summed E-state index contributed by atoms with van der Waals surface area (Å²) in [7, 11) is 1.50. The maximum absolute atomic E-state index is 12.4. The molecule has 0 saturated heterocycles. The van der Waals surface area contributed by atoms with Crippen molar-refractivity contribution in [3.05, 3.63) is 29.3 Å². The number of hydrogen-bond acceptors (Lipinski definition) is 4. The van der Waals surface area contributed by atoms with Crippen molar-refractivity contribution in [2.75, 3.05) is 13.6 Å². The van der Waals surface area contributed by atoms with Crippen LogP contribution in [0.3, 0.4) is 0 Å². The number of ether oxygens (including phenoxy) is 2. The van der Waals surface area contributed by atoms with Crippen LogP contribution in [0.15, 0.2) is 18.2 Å². The van der Waals surface area contributed by atoms with Gasteiger partial charge in [0.1, 0.15) is 17.9 Å². The fourth-order valence-electron chi connectivity index (χ4n) is 2.98. The Bertz CT molecular complexity index is 689. The van der Waals surface area contributed by atoms with Gasteiger partial charge in [-0.05, 0) is 63.3 Å². The standard InChI is InChI=1S/C19H26F2N2O4/c1-19(2,3)27-18(25)23(4)11-16(24)22-15-7-5-6-12-10-13(26-17(20)21)8-9-14(12)15/h8-10,15,17H,5-7,11H2,1-4H3,(H,22,24). The van der Waals surface area contributed by atoms with Gasteiger partial charge in [0.05, 0.1) is 6.04 Å². The van der Waals surface area contributed by atoms with Gasteiger partial charge in [0.2, 0.25) is 5.91 Å². The van der Waals surface area contributed by atoms with Crippen LogP contribution in [0, 0.1) is 0 Å². The van der Waals surface area contributed by atoms with Gasteiger partial charge >= 0.3 is 12.7 Å². The SMILES string of the molecule is CN(CC(=O)NC1CCCc2cc(OC(F)F)ccc21)C(=O)OC(C)(C)C. The highest BCUT2D eigenvalue weighted by molar-refractivity contribution is 5.82. The van der Waals surface area contributed by atoms with Gasteiger partial charge in [0.25, 0.3) is 0 Å². The van der Waals surface area contributed by atoms with Crippen molar-refractivity contribution in [2.45, 2.75) is 58.3 Å². The molecule has 0 spiro atoms. The van der Waals surface area contributed by atoms with Gasteiger partial charge in [-0.2, -0.15) is 8.78 Å². The number of likely N-dealkylation sites (N-methyl/N-ethyl adjacent to an activating group) is 1. The number of aryl methyl sites for hydroxylation is 1. The minimum Gasteiger partial charge on any atom is -0.444 e. The Hall–Kier alpha value is -2.38. The Morgan fingerprint density at radius 1 is 1.33 bits per heavy atom. The number of carbonyl (C=O) groups is 2. The Labute approximate surface area is 157 Å². The van der Waals surface area contributed by atoms with E-state index in [1.807, 2.05) is 0 Å². The number of nitrogens with zero attached hydrogens (tertiary/aromatic N) is 1. The van der Waals surface area contributed by atoms with Gasteiger partial charge in [-0.3, -0.25) is 4.79 Å². The highest BCUT2D eigenvalue weighted by atomic mass is 19.3. The number of halogens is 2. The molecule has 0 aromatic heterocycles. The maximum Gasteiger partial charge on any atom is 0.410 e. The quantitative estimate of drug-likeness (QED) is 0.842. The number of nitrogens with one attached hydrogen (secondary N) is 1. The van der Waals surface area contributed by atoms with E-state index in [-0.39, 0.29) is 24.2 Å². The van der Waals surface area contributed by atoms with Gasteiger partial charge in [-0.1, -0.05) is 6.07 Å². The zero-order chi connectivity index (χ0) is 20.2. The number of carbonyl (C=O) groups excluding carboxylic acids is 2. The van der Waals surface area contributed by atoms with Crippen molar-refractivity contribution in [3.63, 3.8) is 0 Å². The number of hydrogen-bond donors (Lipinski definition) is 1. The number of fused-ring (bicyclic) bond motifs is 1. The molecule has 2 rings (SSSR count). The van der Waals surface area contributed by atoms with E-state index < -0.39 is 18.3 Å². The molecular formula is C19H26F2N2O4. The third-order valence-electron chi connectivity index (χ3n) is 4.08. The summed E-state index contributed by atoms with van der Waals surface area (Å²) in [4.78, 5) is 25.5. The molecule has 27 heavy (non-hydrogen) atoms. The van der Waals surface area contributed by atoms with Crippen molar-refractivity contribution in [3.8, 4) is 5.75 Å². The van der Waals surface area contributed by atoms with Crippen LogP contribution in [0.25, 0.3) is 0 Å². The predicted molar refractivity (Wildman–Crippen MR) is 95.8 cm³/mol. The Kier molecular flexibility index (Phi) is 6.62. The van der Waals surface area contributed by atoms with E-state index in [9.17, 15) is 18.4 Å². The lowest BCUT2D eigenvalue weighted by Crippen LogP contribution is -2.42. The zero-order valence-electron chi connectivity index (χ0n) is 16.1. The molecule has 1 unspecified atom stereocenters. The summed E-state index contributed by atoms with van der Waals surface area (Å²) < 4.78 is 34.4. The first-order valence-electron chi connectivity index (χ1n) is 8.86. The highest BCUT2D eigenvalue weighted by Gasteiger charge is 2.25. The van der Waals surface area contributed by atoms with Gasteiger partial charge in [-0.25, -0.2) is 4.79 Å². The molecule has 150 valence electrons. The lowest BCUT2D eigenvalue weighted by atomic mass is 9.87. The maximum atomic E-state index is 12.4. The topological polar surface area (TPSA) is 67.9 Å². The van der Waals surface area contributed by atoms with Crippen LogP contribution in [0.5, 0.6) is 5.75 Å². The van der Waals surface area contributed by atoms with Crippen LogP contribution in [-0.4, -0.2) is 42.7 Å². The van der Waals surface area contributed by atoms with Crippen molar-refractivity contribution in [1.29, 1.82) is 0 Å². The van der Waals surface area contributed by atoms with Crippen LogP contribution in [0.2, 0.25) is 0 Å². The smallest absolute Gasteiger partial charge is 0.410 e. The summed E-state index contributed by atoms with van der Waals surface area (Å²) in [5.74, 6) is -0.200. The molecule has 8 heteroatoms. The summed E-state index contributed by atoms with van der Waals surface area (Å²) in [5, 5.41) is 2.91. The highest BCUT2D eigenvalue weighted by Crippen LogP contribution is 2.32. The van der Waals surface area contributed by atoms with Gasteiger partial charge in [0, 0.05) is 7.05 Å². The van der Waals surface area contributed by atoms with Crippen LogP contribution in [0.4, 0.5) is 13.6 Å². The molecule has 0 bridgehead atoms. The minimum atomic E-state index is -2.87. The third-order valence-corrected chi connectivity index (χ3v) is 4.08. The number of alkyl halides is 2. The van der Waals surface area contributed by atoms with Crippen molar-refractivity contribution in [2.24, 2.45) is 0 Å².